The van der Waals surface area contributed by atoms with Gasteiger partial charge in [-0.05, 0) is 31.4 Å². The predicted molar refractivity (Wildman–Crippen MR) is 119 cm³/mol. The van der Waals surface area contributed by atoms with Gasteiger partial charge >= 0.3 is 5.69 Å². The van der Waals surface area contributed by atoms with Crippen LogP contribution in [0.5, 0.6) is 5.75 Å². The summed E-state index contributed by atoms with van der Waals surface area (Å²) in [5, 5.41) is 11.2. The molecule has 0 saturated carbocycles. The summed E-state index contributed by atoms with van der Waals surface area (Å²) in [6, 6.07) is 7.04. The number of fused-ring (bicyclic) bond motifs is 1. The van der Waals surface area contributed by atoms with Crippen LogP contribution in [0.3, 0.4) is 0 Å². The molecule has 1 aliphatic heterocycles. The van der Waals surface area contributed by atoms with Crippen molar-refractivity contribution < 1.29 is 9.84 Å². The third-order valence-electron chi connectivity index (χ3n) is 5.63. The van der Waals surface area contributed by atoms with E-state index in [1.165, 1.54) is 11.6 Å². The first-order valence-corrected chi connectivity index (χ1v) is 10.7. The van der Waals surface area contributed by atoms with Crippen molar-refractivity contribution >= 4 is 28.7 Å². The number of rotatable bonds is 6. The first kappa shape index (κ1) is 21.5. The molecule has 2 aromatic heterocycles. The summed E-state index contributed by atoms with van der Waals surface area (Å²) in [5.41, 5.74) is -0.266. The highest BCUT2D eigenvalue weighted by molar-refractivity contribution is 6.32. The quantitative estimate of drug-likeness (QED) is 0.615. The first-order chi connectivity index (χ1) is 14.9. The maximum Gasteiger partial charge on any atom is 0.332 e. The summed E-state index contributed by atoms with van der Waals surface area (Å²) in [6.07, 6.45) is 2.28. The Morgan fingerprint density at radius 3 is 2.55 bits per heavy atom. The van der Waals surface area contributed by atoms with Crippen LogP contribution in [0.4, 0.5) is 5.95 Å². The van der Waals surface area contributed by atoms with Crippen molar-refractivity contribution in [3.8, 4) is 5.75 Å². The average Bonchev–Trinajstić information content (AvgIpc) is 3.15. The first-order valence-electron chi connectivity index (χ1n) is 10.3. The van der Waals surface area contributed by atoms with Gasteiger partial charge in [0, 0.05) is 27.2 Å². The number of anilines is 1. The highest BCUT2D eigenvalue weighted by Crippen LogP contribution is 2.25. The van der Waals surface area contributed by atoms with Crippen molar-refractivity contribution in [1.29, 1.82) is 0 Å². The molecule has 1 fully saturated rings. The van der Waals surface area contributed by atoms with Crippen LogP contribution in [0.1, 0.15) is 19.3 Å². The van der Waals surface area contributed by atoms with Crippen LogP contribution >= 0.6 is 11.6 Å². The van der Waals surface area contributed by atoms with E-state index in [1.54, 1.807) is 35.9 Å². The van der Waals surface area contributed by atoms with E-state index < -0.39 is 17.4 Å². The van der Waals surface area contributed by atoms with Gasteiger partial charge in [-0.25, -0.2) is 4.79 Å². The number of imidazole rings is 1. The fourth-order valence-corrected chi connectivity index (χ4v) is 4.14. The molecule has 4 rings (SSSR count). The lowest BCUT2D eigenvalue weighted by atomic mass is 10.1. The van der Waals surface area contributed by atoms with Gasteiger partial charge in [0.25, 0.3) is 5.56 Å². The second-order valence-electron chi connectivity index (χ2n) is 7.84. The van der Waals surface area contributed by atoms with Crippen molar-refractivity contribution in [2.24, 2.45) is 14.1 Å². The van der Waals surface area contributed by atoms with E-state index in [9.17, 15) is 14.7 Å². The van der Waals surface area contributed by atoms with Gasteiger partial charge in [-0.3, -0.25) is 13.9 Å². The van der Waals surface area contributed by atoms with E-state index in [-0.39, 0.29) is 13.2 Å². The largest absolute Gasteiger partial charge is 0.489 e. The number of hydrogen-bond donors (Lipinski definition) is 1. The number of aromatic nitrogens is 4. The van der Waals surface area contributed by atoms with Gasteiger partial charge in [0.15, 0.2) is 11.2 Å². The van der Waals surface area contributed by atoms with E-state index in [2.05, 4.69) is 9.88 Å². The molecule has 0 bridgehead atoms. The second-order valence-corrected chi connectivity index (χ2v) is 8.25. The Balaban J connectivity index is 1.71. The van der Waals surface area contributed by atoms with Gasteiger partial charge in [-0.1, -0.05) is 23.7 Å². The van der Waals surface area contributed by atoms with Crippen molar-refractivity contribution in [3.63, 3.8) is 0 Å². The molecule has 3 aromatic rings. The Morgan fingerprint density at radius 2 is 1.84 bits per heavy atom. The third-order valence-corrected chi connectivity index (χ3v) is 5.94. The molecule has 10 heteroatoms. The van der Waals surface area contributed by atoms with E-state index in [0.717, 1.165) is 36.9 Å². The van der Waals surface area contributed by atoms with Crippen LogP contribution in [0, 0.1) is 0 Å². The fraction of sp³-hybridized carbons (Fsp3) is 0.476. The molecule has 0 radical (unpaired) electrons. The minimum Gasteiger partial charge on any atom is -0.489 e. The van der Waals surface area contributed by atoms with E-state index in [1.807, 2.05) is 0 Å². The molecule has 9 nitrogen and oxygen atoms in total. The molecule has 1 aliphatic rings. The minimum atomic E-state index is -0.917. The molecule has 0 unspecified atom stereocenters. The lowest BCUT2D eigenvalue weighted by Crippen LogP contribution is -2.38. The van der Waals surface area contributed by atoms with Gasteiger partial charge in [0.1, 0.15) is 18.5 Å². The zero-order valence-corrected chi connectivity index (χ0v) is 18.4. The molecule has 1 atom stereocenters. The molecule has 1 aromatic carbocycles. The number of halogens is 1. The molecule has 31 heavy (non-hydrogen) atoms. The molecule has 0 spiro atoms. The Labute approximate surface area is 184 Å². The number of aliphatic hydroxyl groups is 1. The molecule has 1 N–H and O–H groups in total. The van der Waals surface area contributed by atoms with Gasteiger partial charge in [0.2, 0.25) is 5.95 Å². The monoisotopic (exact) mass is 447 g/mol. The second kappa shape index (κ2) is 8.76. The molecular formula is C21H26ClN5O4. The third kappa shape index (κ3) is 4.07. The van der Waals surface area contributed by atoms with E-state index in [0.29, 0.717) is 27.9 Å². The number of aliphatic hydroxyl groups excluding tert-OH is 1. The summed E-state index contributed by atoms with van der Waals surface area (Å²) < 4.78 is 9.82. The summed E-state index contributed by atoms with van der Waals surface area (Å²) in [4.78, 5) is 32.1. The van der Waals surface area contributed by atoms with Crippen LogP contribution in [-0.4, -0.2) is 49.6 Å². The normalized spacial score (nSPS) is 15.4. The molecule has 0 amide bonds. The van der Waals surface area contributed by atoms with Gasteiger partial charge in [-0.2, -0.15) is 4.98 Å². The summed E-state index contributed by atoms with van der Waals surface area (Å²) in [5.74, 6) is 1.07. The van der Waals surface area contributed by atoms with Crippen molar-refractivity contribution in [2.75, 3.05) is 24.6 Å². The molecule has 3 heterocycles. The van der Waals surface area contributed by atoms with Gasteiger partial charge in [0.05, 0.1) is 11.6 Å². The van der Waals surface area contributed by atoms with Crippen molar-refractivity contribution in [3.05, 3.63) is 50.1 Å². The highest BCUT2D eigenvalue weighted by atomic mass is 35.5. The summed E-state index contributed by atoms with van der Waals surface area (Å²) in [7, 11) is 3.04. The molecule has 1 saturated heterocycles. The Kier molecular flexibility index (Phi) is 6.06. The summed E-state index contributed by atoms with van der Waals surface area (Å²) >= 11 is 6.12. The van der Waals surface area contributed by atoms with Crippen LogP contribution < -0.4 is 20.9 Å². The van der Waals surface area contributed by atoms with Crippen LogP contribution in [0.2, 0.25) is 5.02 Å². The van der Waals surface area contributed by atoms with E-state index >= 15 is 0 Å². The van der Waals surface area contributed by atoms with Crippen LogP contribution in [0.15, 0.2) is 33.9 Å². The topological polar surface area (TPSA) is 94.5 Å². The standard InChI is InChI=1S/C21H26ClN5O4/c1-24-18-17(19(29)25(2)21(24)30)27(20(23-18)26-10-6-3-7-11-26)12-14(28)13-31-16-9-5-4-8-15(16)22/h4-5,8-9,14,28H,3,6-7,10-13H2,1-2H3/t14-/m0/s1. The smallest absolute Gasteiger partial charge is 0.332 e. The van der Waals surface area contributed by atoms with Gasteiger partial charge in [-0.15, -0.1) is 0 Å². The fourth-order valence-electron chi connectivity index (χ4n) is 3.95. The zero-order valence-electron chi connectivity index (χ0n) is 17.6. The van der Waals surface area contributed by atoms with Crippen LogP contribution in [-0.2, 0) is 20.6 Å². The maximum atomic E-state index is 13.0. The number of aryl methyl sites for hydroxylation is 1. The maximum absolute atomic E-state index is 13.0. The Bertz CT molecular complexity index is 1210. The number of para-hydroxylation sites is 1. The lowest BCUT2D eigenvalue weighted by Gasteiger charge is -2.28. The molecular weight excluding hydrogens is 422 g/mol. The predicted octanol–water partition coefficient (Wildman–Crippen LogP) is 1.52. The van der Waals surface area contributed by atoms with Crippen molar-refractivity contribution in [1.82, 2.24) is 18.7 Å². The Morgan fingerprint density at radius 1 is 1.13 bits per heavy atom. The Hall–Kier alpha value is -2.78. The van der Waals surface area contributed by atoms with Gasteiger partial charge < -0.3 is 19.3 Å². The number of ether oxygens (including phenoxy) is 1. The number of benzene rings is 1. The number of piperidine rings is 1. The minimum absolute atomic E-state index is 0.00503. The van der Waals surface area contributed by atoms with Crippen molar-refractivity contribution in [2.45, 2.75) is 31.9 Å². The lowest BCUT2D eigenvalue weighted by molar-refractivity contribution is 0.0936. The number of nitrogens with zero attached hydrogens (tertiary/aromatic N) is 5. The summed E-state index contributed by atoms with van der Waals surface area (Å²) in [6.45, 7) is 1.71. The molecule has 166 valence electrons. The highest BCUT2D eigenvalue weighted by Gasteiger charge is 2.25. The molecule has 0 aliphatic carbocycles. The van der Waals surface area contributed by atoms with E-state index in [4.69, 9.17) is 16.3 Å². The van der Waals surface area contributed by atoms with Crippen LogP contribution in [0.25, 0.3) is 11.2 Å². The number of hydrogen-bond acceptors (Lipinski definition) is 6. The average molecular weight is 448 g/mol. The zero-order chi connectivity index (χ0) is 22.1. The SMILES string of the molecule is Cn1c(=O)c2c(nc(N3CCCCC3)n2C[C@H](O)COc2ccccc2Cl)n(C)c1=O.